The Morgan fingerprint density at radius 1 is 1.25 bits per heavy atom. The highest BCUT2D eigenvalue weighted by molar-refractivity contribution is 7.98. The van der Waals surface area contributed by atoms with Crippen LogP contribution in [0.15, 0.2) is 24.3 Å². The van der Waals surface area contributed by atoms with Gasteiger partial charge in [-0.3, -0.25) is 9.59 Å². The van der Waals surface area contributed by atoms with E-state index in [9.17, 15) is 9.59 Å². The lowest BCUT2D eigenvalue weighted by molar-refractivity contribution is -0.136. The maximum Gasteiger partial charge on any atom is 0.313 e. The lowest BCUT2D eigenvalue weighted by atomic mass is 10.1. The van der Waals surface area contributed by atoms with E-state index in [0.717, 1.165) is 44.6 Å². The molecule has 132 valence electrons. The van der Waals surface area contributed by atoms with Crippen molar-refractivity contribution in [3.8, 4) is 0 Å². The third-order valence-corrected chi connectivity index (χ3v) is 4.91. The lowest BCUT2D eigenvalue weighted by Gasteiger charge is -2.32. The van der Waals surface area contributed by atoms with E-state index in [-0.39, 0.29) is 6.04 Å². The zero-order valence-electron chi connectivity index (χ0n) is 14.5. The van der Waals surface area contributed by atoms with E-state index in [1.54, 1.807) is 0 Å². The predicted molar refractivity (Wildman–Crippen MR) is 100 cm³/mol. The van der Waals surface area contributed by atoms with Gasteiger partial charge in [-0.1, -0.05) is 19.1 Å². The number of nitrogens with zero attached hydrogens (tertiary/aromatic N) is 1. The van der Waals surface area contributed by atoms with E-state index < -0.39 is 11.8 Å². The van der Waals surface area contributed by atoms with E-state index >= 15 is 0 Å². The SMILES string of the molecule is CCN1CCC[C@@H](NC(=O)C(=O)Nc2ccc(CCSC)cc2)C1. The van der Waals surface area contributed by atoms with Crippen LogP contribution in [0.4, 0.5) is 5.69 Å². The lowest BCUT2D eigenvalue weighted by Crippen LogP contribution is -2.50. The van der Waals surface area contributed by atoms with E-state index in [1.165, 1.54) is 5.56 Å². The molecule has 5 nitrogen and oxygen atoms in total. The highest BCUT2D eigenvalue weighted by Crippen LogP contribution is 2.12. The summed E-state index contributed by atoms with van der Waals surface area (Å²) in [6.07, 6.45) is 5.07. The van der Waals surface area contributed by atoms with Crippen LogP contribution in [-0.2, 0) is 16.0 Å². The number of aryl methyl sites for hydroxylation is 1. The molecule has 1 aliphatic rings. The first-order valence-electron chi connectivity index (χ1n) is 8.54. The monoisotopic (exact) mass is 349 g/mol. The van der Waals surface area contributed by atoms with Crippen molar-refractivity contribution in [2.45, 2.75) is 32.2 Å². The maximum atomic E-state index is 12.1. The van der Waals surface area contributed by atoms with Crippen molar-refractivity contribution in [2.75, 3.05) is 37.0 Å². The summed E-state index contributed by atoms with van der Waals surface area (Å²) in [5, 5.41) is 5.52. The average Bonchev–Trinajstić information content (AvgIpc) is 2.61. The first kappa shape index (κ1) is 18.8. The van der Waals surface area contributed by atoms with Gasteiger partial charge in [0.2, 0.25) is 0 Å². The van der Waals surface area contributed by atoms with Gasteiger partial charge in [-0.2, -0.15) is 11.8 Å². The van der Waals surface area contributed by atoms with Crippen LogP contribution in [0.25, 0.3) is 0 Å². The van der Waals surface area contributed by atoms with Crippen LogP contribution in [0.2, 0.25) is 0 Å². The number of thioether (sulfide) groups is 1. The first-order valence-corrected chi connectivity index (χ1v) is 9.93. The number of carbonyl (C=O) groups is 2. The highest BCUT2D eigenvalue weighted by Gasteiger charge is 2.23. The summed E-state index contributed by atoms with van der Waals surface area (Å²) in [6.45, 7) is 4.97. The maximum absolute atomic E-state index is 12.1. The van der Waals surface area contributed by atoms with Crippen LogP contribution in [0.5, 0.6) is 0 Å². The molecule has 1 heterocycles. The molecule has 1 aromatic rings. The van der Waals surface area contributed by atoms with Gasteiger partial charge in [-0.15, -0.1) is 0 Å². The number of carbonyl (C=O) groups excluding carboxylic acids is 2. The minimum absolute atomic E-state index is 0.0610. The van der Waals surface area contributed by atoms with Gasteiger partial charge in [0.25, 0.3) is 0 Å². The molecule has 0 bridgehead atoms. The molecular weight excluding hydrogens is 322 g/mol. The van der Waals surface area contributed by atoms with E-state index in [4.69, 9.17) is 0 Å². The van der Waals surface area contributed by atoms with Gasteiger partial charge in [0.05, 0.1) is 0 Å². The summed E-state index contributed by atoms with van der Waals surface area (Å²) in [6, 6.07) is 7.74. The number of amides is 2. The quantitative estimate of drug-likeness (QED) is 0.773. The Hall–Kier alpha value is -1.53. The highest BCUT2D eigenvalue weighted by atomic mass is 32.2. The summed E-state index contributed by atoms with van der Waals surface area (Å²) in [5.74, 6) is -0.0746. The van der Waals surface area contributed by atoms with Gasteiger partial charge < -0.3 is 15.5 Å². The molecule has 0 aliphatic carbocycles. The van der Waals surface area contributed by atoms with Crippen molar-refractivity contribution >= 4 is 29.3 Å². The molecule has 24 heavy (non-hydrogen) atoms. The Balaban J connectivity index is 1.81. The van der Waals surface area contributed by atoms with Gasteiger partial charge >= 0.3 is 11.8 Å². The number of benzene rings is 1. The van der Waals surface area contributed by atoms with Gasteiger partial charge in [-0.05, 0) is 62.1 Å². The molecule has 1 fully saturated rings. The van der Waals surface area contributed by atoms with Crippen LogP contribution in [-0.4, -0.2) is 54.4 Å². The van der Waals surface area contributed by atoms with Crippen LogP contribution >= 0.6 is 11.8 Å². The second-order valence-electron chi connectivity index (χ2n) is 6.10. The summed E-state index contributed by atoms with van der Waals surface area (Å²) < 4.78 is 0. The van der Waals surface area contributed by atoms with E-state index in [1.807, 2.05) is 36.0 Å². The van der Waals surface area contributed by atoms with Crippen LogP contribution in [0.3, 0.4) is 0 Å². The minimum Gasteiger partial charge on any atom is -0.344 e. The van der Waals surface area contributed by atoms with Gasteiger partial charge in [0.1, 0.15) is 0 Å². The Morgan fingerprint density at radius 3 is 2.67 bits per heavy atom. The molecule has 2 N–H and O–H groups in total. The number of likely N-dealkylation sites (N-methyl/N-ethyl adjacent to an activating group) is 1. The predicted octanol–water partition coefficient (Wildman–Crippen LogP) is 2.13. The second-order valence-corrected chi connectivity index (χ2v) is 7.09. The van der Waals surface area contributed by atoms with Crippen molar-refractivity contribution in [1.82, 2.24) is 10.2 Å². The molecule has 0 spiro atoms. The average molecular weight is 350 g/mol. The van der Waals surface area contributed by atoms with Crippen molar-refractivity contribution in [3.63, 3.8) is 0 Å². The Labute approximate surface area is 148 Å². The molecule has 2 rings (SSSR count). The number of nitrogens with one attached hydrogen (secondary N) is 2. The van der Waals surface area contributed by atoms with Crippen molar-refractivity contribution in [2.24, 2.45) is 0 Å². The normalized spacial score (nSPS) is 18.2. The first-order chi connectivity index (χ1) is 11.6. The van der Waals surface area contributed by atoms with Crippen LogP contribution in [0.1, 0.15) is 25.3 Å². The fraction of sp³-hybridized carbons (Fsp3) is 0.556. The van der Waals surface area contributed by atoms with Crippen molar-refractivity contribution in [3.05, 3.63) is 29.8 Å². The zero-order valence-corrected chi connectivity index (χ0v) is 15.3. The fourth-order valence-electron chi connectivity index (χ4n) is 2.87. The molecule has 1 saturated heterocycles. The molecule has 0 saturated carbocycles. The molecule has 2 amide bonds. The van der Waals surface area contributed by atoms with Gasteiger partial charge in [0.15, 0.2) is 0 Å². The molecular formula is C18H27N3O2S. The summed E-state index contributed by atoms with van der Waals surface area (Å²) >= 11 is 1.81. The fourth-order valence-corrected chi connectivity index (χ4v) is 3.31. The Morgan fingerprint density at radius 2 is 2.00 bits per heavy atom. The standard InChI is InChI=1S/C18H27N3O2S/c1-3-21-11-4-5-16(13-21)20-18(23)17(22)19-15-8-6-14(7-9-15)10-12-24-2/h6-9,16H,3-5,10-13H2,1-2H3,(H,19,22)(H,20,23)/t16-/m1/s1. The van der Waals surface area contributed by atoms with Gasteiger partial charge in [-0.25, -0.2) is 0 Å². The molecule has 6 heteroatoms. The number of likely N-dealkylation sites (tertiary alicyclic amines) is 1. The zero-order chi connectivity index (χ0) is 17.4. The third-order valence-electron chi connectivity index (χ3n) is 4.30. The summed E-state index contributed by atoms with van der Waals surface area (Å²) in [7, 11) is 0. The smallest absolute Gasteiger partial charge is 0.313 e. The van der Waals surface area contributed by atoms with Crippen LogP contribution < -0.4 is 10.6 Å². The largest absolute Gasteiger partial charge is 0.344 e. The van der Waals surface area contributed by atoms with Crippen molar-refractivity contribution in [1.29, 1.82) is 0 Å². The number of anilines is 1. The van der Waals surface area contributed by atoms with E-state index in [0.29, 0.717) is 5.69 Å². The third kappa shape index (κ3) is 5.83. The summed E-state index contributed by atoms with van der Waals surface area (Å²) in [5.41, 5.74) is 1.88. The van der Waals surface area contributed by atoms with E-state index in [2.05, 4.69) is 28.7 Å². The second kappa shape index (κ2) is 9.69. The molecule has 1 aromatic carbocycles. The summed E-state index contributed by atoms with van der Waals surface area (Å²) in [4.78, 5) is 26.4. The topological polar surface area (TPSA) is 61.4 Å². The molecule has 0 aromatic heterocycles. The molecule has 0 radical (unpaired) electrons. The van der Waals surface area contributed by atoms with Gasteiger partial charge in [0, 0.05) is 18.3 Å². The molecule has 1 atom stereocenters. The number of hydrogen-bond donors (Lipinski definition) is 2. The number of piperidine rings is 1. The minimum atomic E-state index is -0.597. The molecule has 1 aliphatic heterocycles. The Kier molecular flexibility index (Phi) is 7.59. The molecule has 0 unspecified atom stereocenters. The number of hydrogen-bond acceptors (Lipinski definition) is 4. The van der Waals surface area contributed by atoms with Crippen LogP contribution in [0, 0.1) is 0 Å². The Bertz CT molecular complexity index is 548. The number of rotatable bonds is 6. The van der Waals surface area contributed by atoms with Crippen molar-refractivity contribution < 1.29 is 9.59 Å².